The van der Waals surface area contributed by atoms with Crippen LogP contribution in [0.3, 0.4) is 0 Å². The van der Waals surface area contributed by atoms with E-state index in [1.165, 1.54) is 0 Å². The molecule has 0 aliphatic carbocycles. The highest BCUT2D eigenvalue weighted by Gasteiger charge is 2.18. The summed E-state index contributed by atoms with van der Waals surface area (Å²) >= 11 is 5.30. The molecular formula is C12H17N5OS. The molecule has 6 nitrogen and oxygen atoms in total. The van der Waals surface area contributed by atoms with Crippen LogP contribution in [0.25, 0.3) is 0 Å². The van der Waals surface area contributed by atoms with Crippen LogP contribution in [0.5, 0.6) is 0 Å². The zero-order valence-electron chi connectivity index (χ0n) is 10.9. The average molecular weight is 279 g/mol. The first-order chi connectivity index (χ1) is 9.24. The smallest absolute Gasteiger partial charge is 0.195 e. The fraction of sp³-hybridized carbons (Fsp3) is 0.583. The van der Waals surface area contributed by atoms with E-state index in [2.05, 4.69) is 15.3 Å². The minimum absolute atomic E-state index is 0.252. The minimum atomic E-state index is 0.252. The van der Waals surface area contributed by atoms with Gasteiger partial charge in [0, 0.05) is 18.5 Å². The quantitative estimate of drug-likeness (QED) is 0.865. The third-order valence-corrected chi connectivity index (χ3v) is 3.78. The predicted molar refractivity (Wildman–Crippen MR) is 72.5 cm³/mol. The Labute approximate surface area is 116 Å². The van der Waals surface area contributed by atoms with Crippen LogP contribution in [-0.4, -0.2) is 37.3 Å². The van der Waals surface area contributed by atoms with Crippen molar-refractivity contribution in [2.75, 3.05) is 6.61 Å². The molecule has 1 atom stereocenters. The summed E-state index contributed by atoms with van der Waals surface area (Å²) in [6.45, 7) is 4.27. The lowest BCUT2D eigenvalue weighted by molar-refractivity contribution is 0.0958. The van der Waals surface area contributed by atoms with E-state index in [4.69, 9.17) is 17.0 Å². The van der Waals surface area contributed by atoms with E-state index in [0.29, 0.717) is 11.3 Å². The lowest BCUT2D eigenvalue weighted by Crippen LogP contribution is -2.19. The summed E-state index contributed by atoms with van der Waals surface area (Å²) in [5.41, 5.74) is 1.11. The van der Waals surface area contributed by atoms with E-state index in [9.17, 15) is 0 Å². The molecule has 2 aromatic rings. The first-order valence-electron chi connectivity index (χ1n) is 6.48. The van der Waals surface area contributed by atoms with Gasteiger partial charge in [-0.3, -0.25) is 14.3 Å². The number of nitrogens with one attached hydrogen (secondary N) is 1. The molecule has 0 spiro atoms. The molecule has 1 aliphatic rings. The summed E-state index contributed by atoms with van der Waals surface area (Å²) in [4.78, 5) is 0. The van der Waals surface area contributed by atoms with E-state index in [0.717, 1.165) is 37.5 Å². The zero-order chi connectivity index (χ0) is 13.2. The molecule has 3 rings (SSSR count). The van der Waals surface area contributed by atoms with E-state index in [1.54, 1.807) is 6.20 Å². The van der Waals surface area contributed by atoms with Crippen molar-refractivity contribution < 1.29 is 4.74 Å². The fourth-order valence-electron chi connectivity index (χ4n) is 2.35. The molecule has 1 N–H and O–H groups in total. The van der Waals surface area contributed by atoms with Crippen LogP contribution in [0.2, 0.25) is 0 Å². The third-order valence-electron chi connectivity index (χ3n) is 3.47. The molecule has 3 heterocycles. The van der Waals surface area contributed by atoms with Gasteiger partial charge in [-0.1, -0.05) is 0 Å². The highest BCUT2D eigenvalue weighted by atomic mass is 32.1. The number of H-pyrrole nitrogens is 1. The van der Waals surface area contributed by atoms with Gasteiger partial charge in [0.05, 0.1) is 12.6 Å². The van der Waals surface area contributed by atoms with Crippen molar-refractivity contribution in [3.63, 3.8) is 0 Å². The molecule has 0 amide bonds. The molecule has 0 saturated carbocycles. The summed E-state index contributed by atoms with van der Waals surface area (Å²) in [6, 6.07) is 1.98. The molecule has 1 aliphatic heterocycles. The van der Waals surface area contributed by atoms with Crippen LogP contribution >= 0.6 is 12.2 Å². The van der Waals surface area contributed by atoms with E-state index >= 15 is 0 Å². The largest absolute Gasteiger partial charge is 0.376 e. The van der Waals surface area contributed by atoms with Crippen molar-refractivity contribution >= 4 is 12.2 Å². The molecular weight excluding hydrogens is 262 g/mol. The standard InChI is InChI=1S/C12H17N5OS/c1-9-4-5-13-17(9)8-11-14-15-12(19)16(11)7-10-3-2-6-18-10/h4-5,10H,2-3,6-8H2,1H3,(H,15,19). The summed E-state index contributed by atoms with van der Waals surface area (Å²) in [5, 5.41) is 11.4. The summed E-state index contributed by atoms with van der Waals surface area (Å²) in [5.74, 6) is 0.896. The van der Waals surface area contributed by atoms with Crippen LogP contribution in [-0.2, 0) is 17.8 Å². The Morgan fingerprint density at radius 2 is 2.47 bits per heavy atom. The number of aromatic amines is 1. The Morgan fingerprint density at radius 1 is 1.58 bits per heavy atom. The van der Waals surface area contributed by atoms with Gasteiger partial charge in [0.25, 0.3) is 0 Å². The predicted octanol–water partition coefficient (Wildman–Crippen LogP) is 1.67. The van der Waals surface area contributed by atoms with Gasteiger partial charge in [-0.2, -0.15) is 10.2 Å². The Balaban J connectivity index is 1.81. The molecule has 1 saturated heterocycles. The normalized spacial score (nSPS) is 19.1. The van der Waals surface area contributed by atoms with Crippen molar-refractivity contribution in [1.82, 2.24) is 24.5 Å². The van der Waals surface area contributed by atoms with Gasteiger partial charge >= 0.3 is 0 Å². The maximum atomic E-state index is 5.66. The Morgan fingerprint density at radius 3 is 3.16 bits per heavy atom. The SMILES string of the molecule is Cc1ccnn1Cc1n[nH]c(=S)n1CC1CCCO1. The molecule has 2 aromatic heterocycles. The average Bonchev–Trinajstić information content (AvgIpc) is 3.09. The summed E-state index contributed by atoms with van der Waals surface area (Å²) in [7, 11) is 0. The lowest BCUT2D eigenvalue weighted by atomic mass is 10.2. The number of hydrogen-bond acceptors (Lipinski definition) is 4. The molecule has 7 heteroatoms. The zero-order valence-corrected chi connectivity index (χ0v) is 11.7. The maximum Gasteiger partial charge on any atom is 0.195 e. The van der Waals surface area contributed by atoms with Crippen LogP contribution in [0.1, 0.15) is 24.4 Å². The van der Waals surface area contributed by atoms with Gasteiger partial charge in [0.15, 0.2) is 10.6 Å². The van der Waals surface area contributed by atoms with E-state index < -0.39 is 0 Å². The Hall–Kier alpha value is -1.47. The van der Waals surface area contributed by atoms with Gasteiger partial charge in [0.2, 0.25) is 0 Å². The van der Waals surface area contributed by atoms with Crippen LogP contribution in [0, 0.1) is 11.7 Å². The van der Waals surface area contributed by atoms with Crippen molar-refractivity contribution in [2.45, 2.75) is 39.0 Å². The topological polar surface area (TPSA) is 60.7 Å². The third kappa shape index (κ3) is 2.62. The van der Waals surface area contributed by atoms with E-state index in [-0.39, 0.29) is 6.10 Å². The highest BCUT2D eigenvalue weighted by Crippen LogP contribution is 2.15. The second-order valence-corrected chi connectivity index (χ2v) is 5.21. The molecule has 102 valence electrons. The van der Waals surface area contributed by atoms with Crippen molar-refractivity contribution in [2.24, 2.45) is 0 Å². The van der Waals surface area contributed by atoms with E-state index in [1.807, 2.05) is 22.2 Å². The van der Waals surface area contributed by atoms with Crippen molar-refractivity contribution in [3.8, 4) is 0 Å². The van der Waals surface area contributed by atoms with Crippen molar-refractivity contribution in [1.29, 1.82) is 0 Å². The molecule has 0 bridgehead atoms. The highest BCUT2D eigenvalue weighted by molar-refractivity contribution is 7.71. The number of ether oxygens (including phenoxy) is 1. The molecule has 0 radical (unpaired) electrons. The lowest BCUT2D eigenvalue weighted by Gasteiger charge is -2.12. The number of hydrogen-bond donors (Lipinski definition) is 1. The number of aromatic nitrogens is 5. The van der Waals surface area contributed by atoms with Gasteiger partial charge in [-0.05, 0) is 38.0 Å². The Bertz CT molecular complexity index is 608. The van der Waals surface area contributed by atoms with Gasteiger partial charge in [-0.25, -0.2) is 0 Å². The molecule has 19 heavy (non-hydrogen) atoms. The van der Waals surface area contributed by atoms with Crippen LogP contribution < -0.4 is 0 Å². The number of rotatable bonds is 4. The van der Waals surface area contributed by atoms with Crippen molar-refractivity contribution in [3.05, 3.63) is 28.6 Å². The monoisotopic (exact) mass is 279 g/mol. The molecule has 0 aromatic carbocycles. The number of aryl methyl sites for hydroxylation is 1. The molecule has 1 fully saturated rings. The van der Waals surface area contributed by atoms with Gasteiger partial charge in [0.1, 0.15) is 6.54 Å². The maximum absolute atomic E-state index is 5.66. The second kappa shape index (κ2) is 5.26. The minimum Gasteiger partial charge on any atom is -0.376 e. The molecule has 1 unspecified atom stereocenters. The van der Waals surface area contributed by atoms with Crippen LogP contribution in [0.4, 0.5) is 0 Å². The summed E-state index contributed by atoms with van der Waals surface area (Å²) in [6.07, 6.45) is 4.26. The van der Waals surface area contributed by atoms with Crippen LogP contribution in [0.15, 0.2) is 12.3 Å². The summed E-state index contributed by atoms with van der Waals surface area (Å²) < 4.78 is 10.2. The van der Waals surface area contributed by atoms with Gasteiger partial charge < -0.3 is 4.74 Å². The fourth-order valence-corrected chi connectivity index (χ4v) is 2.58. The van der Waals surface area contributed by atoms with Gasteiger partial charge in [-0.15, -0.1) is 0 Å². The second-order valence-electron chi connectivity index (χ2n) is 4.82. The first-order valence-corrected chi connectivity index (χ1v) is 6.89. The first kappa shape index (κ1) is 12.6. The number of nitrogens with zero attached hydrogens (tertiary/aromatic N) is 4. The Kier molecular flexibility index (Phi) is 3.48.